The van der Waals surface area contributed by atoms with Gasteiger partial charge in [0.2, 0.25) is 0 Å². The average Bonchev–Trinajstić information content (AvgIpc) is 3.32. The summed E-state index contributed by atoms with van der Waals surface area (Å²) in [5.74, 6) is 0.908. The van der Waals surface area contributed by atoms with E-state index in [4.69, 9.17) is 0 Å². The molecule has 0 radical (unpaired) electrons. The SMILES string of the molecule is Cc1ccc(S(=O)(=O)N(C)c2ccc(C(=O)N3CCC[C@@H](c4nnc5ccccn45)C3)cc2)cc1. The van der Waals surface area contributed by atoms with Crippen molar-refractivity contribution in [1.29, 1.82) is 0 Å². The molecule has 1 aliphatic rings. The number of sulfonamides is 1. The lowest BCUT2D eigenvalue weighted by atomic mass is 9.96. The summed E-state index contributed by atoms with van der Waals surface area (Å²) < 4.78 is 29.2. The summed E-state index contributed by atoms with van der Waals surface area (Å²) in [6, 6.07) is 19.3. The summed E-state index contributed by atoms with van der Waals surface area (Å²) in [5.41, 5.74) is 2.81. The first kappa shape index (κ1) is 23.0. The number of carbonyl (C=O) groups excluding carboxylic acids is 1. The molecule has 0 spiro atoms. The molecule has 1 aliphatic heterocycles. The van der Waals surface area contributed by atoms with E-state index in [2.05, 4.69) is 10.2 Å². The summed E-state index contributed by atoms with van der Waals surface area (Å²) >= 11 is 0. The second-order valence-electron chi connectivity index (χ2n) is 8.91. The van der Waals surface area contributed by atoms with Crippen molar-refractivity contribution in [2.45, 2.75) is 30.6 Å². The Labute approximate surface area is 204 Å². The maximum Gasteiger partial charge on any atom is 0.264 e. The molecule has 0 aliphatic carbocycles. The predicted octanol–water partition coefficient (Wildman–Crippen LogP) is 3.88. The zero-order chi connectivity index (χ0) is 24.6. The third kappa shape index (κ3) is 4.39. The molecule has 1 amide bonds. The quantitative estimate of drug-likeness (QED) is 0.425. The molecular weight excluding hydrogens is 462 g/mol. The topological polar surface area (TPSA) is 87.9 Å². The lowest BCUT2D eigenvalue weighted by Crippen LogP contribution is -2.39. The highest BCUT2D eigenvalue weighted by molar-refractivity contribution is 7.92. The lowest BCUT2D eigenvalue weighted by Gasteiger charge is -2.32. The average molecular weight is 490 g/mol. The molecule has 1 atom stereocenters. The molecule has 1 saturated heterocycles. The number of rotatable bonds is 5. The first-order valence-corrected chi connectivity index (χ1v) is 13.0. The smallest absolute Gasteiger partial charge is 0.264 e. The molecular formula is C26H27N5O3S. The number of pyridine rings is 1. The summed E-state index contributed by atoms with van der Waals surface area (Å²) in [4.78, 5) is 15.3. The zero-order valence-corrected chi connectivity index (χ0v) is 20.5. The van der Waals surface area contributed by atoms with Gasteiger partial charge in [-0.2, -0.15) is 0 Å². The van der Waals surface area contributed by atoms with Crippen LogP contribution in [0.3, 0.4) is 0 Å². The molecule has 2 aromatic carbocycles. The van der Waals surface area contributed by atoms with E-state index in [1.165, 1.54) is 11.4 Å². The Balaban J connectivity index is 1.31. The first-order chi connectivity index (χ1) is 16.8. The third-order valence-electron chi connectivity index (χ3n) is 6.57. The number of hydrogen-bond acceptors (Lipinski definition) is 5. The summed E-state index contributed by atoms with van der Waals surface area (Å²) in [6.45, 7) is 3.15. The predicted molar refractivity (Wildman–Crippen MR) is 134 cm³/mol. The summed E-state index contributed by atoms with van der Waals surface area (Å²) in [6.07, 6.45) is 3.78. The van der Waals surface area contributed by atoms with Gasteiger partial charge in [-0.15, -0.1) is 10.2 Å². The van der Waals surface area contributed by atoms with Crippen LogP contribution < -0.4 is 4.31 Å². The Hall–Kier alpha value is -3.72. The third-order valence-corrected chi connectivity index (χ3v) is 8.37. The summed E-state index contributed by atoms with van der Waals surface area (Å²) in [5, 5.41) is 8.63. The van der Waals surface area contributed by atoms with Crippen molar-refractivity contribution in [3.05, 3.63) is 89.9 Å². The second kappa shape index (κ2) is 9.14. The number of likely N-dealkylation sites (tertiary alicyclic amines) is 1. The first-order valence-electron chi connectivity index (χ1n) is 11.6. The van der Waals surface area contributed by atoms with Gasteiger partial charge in [0.25, 0.3) is 15.9 Å². The van der Waals surface area contributed by atoms with Crippen LogP contribution in [-0.4, -0.2) is 54.0 Å². The molecule has 8 nitrogen and oxygen atoms in total. The molecule has 180 valence electrons. The number of piperidine rings is 1. The van der Waals surface area contributed by atoms with Gasteiger partial charge in [0.05, 0.1) is 10.6 Å². The fourth-order valence-electron chi connectivity index (χ4n) is 4.51. The summed E-state index contributed by atoms with van der Waals surface area (Å²) in [7, 11) is -2.17. The number of hydrogen-bond donors (Lipinski definition) is 0. The maximum absolute atomic E-state index is 13.3. The van der Waals surface area contributed by atoms with Gasteiger partial charge < -0.3 is 4.90 Å². The molecule has 1 fully saturated rings. The van der Waals surface area contributed by atoms with Crippen molar-refractivity contribution in [1.82, 2.24) is 19.5 Å². The van der Waals surface area contributed by atoms with Crippen LogP contribution in [0.1, 0.15) is 40.5 Å². The van der Waals surface area contributed by atoms with E-state index < -0.39 is 10.0 Å². The number of carbonyl (C=O) groups is 1. The molecule has 4 aromatic rings. The Bertz CT molecular complexity index is 1460. The highest BCUT2D eigenvalue weighted by Gasteiger charge is 2.29. The van der Waals surface area contributed by atoms with Crippen molar-refractivity contribution < 1.29 is 13.2 Å². The molecule has 3 heterocycles. The number of anilines is 1. The number of benzene rings is 2. The molecule has 0 saturated carbocycles. The van der Waals surface area contributed by atoms with Crippen LogP contribution in [0.15, 0.2) is 77.8 Å². The maximum atomic E-state index is 13.3. The van der Waals surface area contributed by atoms with Crippen molar-refractivity contribution in [3.63, 3.8) is 0 Å². The van der Waals surface area contributed by atoms with Crippen molar-refractivity contribution in [2.24, 2.45) is 0 Å². The fraction of sp³-hybridized carbons (Fsp3) is 0.269. The number of amides is 1. The number of aryl methyl sites for hydroxylation is 1. The Morgan fingerprint density at radius 1 is 1.00 bits per heavy atom. The van der Waals surface area contributed by atoms with Crippen LogP contribution in [-0.2, 0) is 10.0 Å². The largest absolute Gasteiger partial charge is 0.338 e. The van der Waals surface area contributed by atoms with Gasteiger partial charge in [-0.05, 0) is 68.3 Å². The molecule has 0 bridgehead atoms. The van der Waals surface area contributed by atoms with E-state index in [0.29, 0.717) is 24.3 Å². The van der Waals surface area contributed by atoms with Gasteiger partial charge in [-0.25, -0.2) is 8.42 Å². The van der Waals surface area contributed by atoms with Crippen LogP contribution in [0.25, 0.3) is 5.65 Å². The van der Waals surface area contributed by atoms with Crippen LogP contribution in [0.4, 0.5) is 5.69 Å². The van der Waals surface area contributed by atoms with Crippen LogP contribution in [0.2, 0.25) is 0 Å². The fourth-order valence-corrected chi connectivity index (χ4v) is 5.71. The molecule has 2 aromatic heterocycles. The number of aromatic nitrogens is 3. The van der Waals surface area contributed by atoms with Crippen molar-refractivity contribution >= 4 is 27.3 Å². The molecule has 5 rings (SSSR count). The number of fused-ring (bicyclic) bond motifs is 1. The Morgan fingerprint density at radius 3 is 2.49 bits per heavy atom. The van der Waals surface area contributed by atoms with Gasteiger partial charge in [-0.1, -0.05) is 23.8 Å². The molecule has 9 heteroatoms. The molecule has 0 N–H and O–H groups in total. The van der Waals surface area contributed by atoms with Crippen molar-refractivity contribution in [3.8, 4) is 0 Å². The minimum atomic E-state index is -3.69. The molecule has 0 unspecified atom stereocenters. The van der Waals surface area contributed by atoms with Gasteiger partial charge in [0.15, 0.2) is 5.65 Å². The zero-order valence-electron chi connectivity index (χ0n) is 19.7. The van der Waals surface area contributed by atoms with Crippen molar-refractivity contribution in [2.75, 3.05) is 24.4 Å². The standard InChI is InChI=1S/C26H27N5O3S/c1-19-8-14-23(15-9-19)35(33,34)29(2)22-12-10-20(11-13-22)26(32)30-16-5-6-21(18-30)25-28-27-24-7-3-4-17-31(24)25/h3-4,7-15,17,21H,5-6,16,18H2,1-2H3/t21-/m1/s1. The van der Waals surface area contributed by atoms with Gasteiger partial charge in [0.1, 0.15) is 5.82 Å². The van der Waals surface area contributed by atoms with Crippen LogP contribution in [0, 0.1) is 6.92 Å². The van der Waals surface area contributed by atoms with E-state index in [0.717, 1.165) is 29.9 Å². The van der Waals surface area contributed by atoms with E-state index in [9.17, 15) is 13.2 Å². The highest BCUT2D eigenvalue weighted by atomic mass is 32.2. The monoisotopic (exact) mass is 489 g/mol. The van der Waals surface area contributed by atoms with E-state index in [1.54, 1.807) is 48.5 Å². The normalized spacial score (nSPS) is 16.4. The van der Waals surface area contributed by atoms with Gasteiger partial charge in [0, 0.05) is 37.8 Å². The van der Waals surface area contributed by atoms with Gasteiger partial charge in [-0.3, -0.25) is 13.5 Å². The Morgan fingerprint density at radius 2 is 1.74 bits per heavy atom. The minimum absolute atomic E-state index is 0.0703. The number of nitrogens with zero attached hydrogens (tertiary/aromatic N) is 5. The van der Waals surface area contributed by atoms with E-state index >= 15 is 0 Å². The van der Waals surface area contributed by atoms with E-state index in [-0.39, 0.29) is 16.7 Å². The highest BCUT2D eigenvalue weighted by Crippen LogP contribution is 2.28. The van der Waals surface area contributed by atoms with E-state index in [1.807, 2.05) is 40.6 Å². The second-order valence-corrected chi connectivity index (χ2v) is 10.9. The Kier molecular flexibility index (Phi) is 6.02. The van der Waals surface area contributed by atoms with Gasteiger partial charge >= 0.3 is 0 Å². The minimum Gasteiger partial charge on any atom is -0.338 e. The van der Waals surface area contributed by atoms with Crippen LogP contribution in [0.5, 0.6) is 0 Å². The molecule has 35 heavy (non-hydrogen) atoms. The van der Waals surface area contributed by atoms with Crippen LogP contribution >= 0.6 is 0 Å². The lowest BCUT2D eigenvalue weighted by molar-refractivity contribution is 0.0704.